The van der Waals surface area contributed by atoms with Gasteiger partial charge in [0.05, 0.1) is 18.2 Å². The summed E-state index contributed by atoms with van der Waals surface area (Å²) in [6.45, 7) is 3.41. The highest BCUT2D eigenvalue weighted by Gasteiger charge is 2.48. The van der Waals surface area contributed by atoms with Crippen molar-refractivity contribution < 1.29 is 36.2 Å². The second-order valence-corrected chi connectivity index (χ2v) is 6.95. The third kappa shape index (κ3) is 4.56. The number of ether oxygens (including phenoxy) is 2. The Kier molecular flexibility index (Phi) is 6.30. The maximum atomic E-state index is 14.8. The van der Waals surface area contributed by atoms with E-state index in [0.717, 1.165) is 23.1 Å². The molecule has 0 aliphatic carbocycles. The van der Waals surface area contributed by atoms with Gasteiger partial charge in [-0.05, 0) is 37.6 Å². The molecular weight excluding hydrogens is 409 g/mol. The molecule has 0 N–H and O–H groups in total. The molecule has 3 unspecified atom stereocenters. The van der Waals surface area contributed by atoms with Gasteiger partial charge in [-0.1, -0.05) is 25.1 Å². The van der Waals surface area contributed by atoms with Crippen molar-refractivity contribution in [1.82, 2.24) is 4.90 Å². The molecule has 1 aliphatic rings. The Morgan fingerprint density at radius 3 is 2.50 bits per heavy atom. The summed E-state index contributed by atoms with van der Waals surface area (Å²) in [6.07, 6.45) is -7.06. The van der Waals surface area contributed by atoms with Crippen molar-refractivity contribution in [1.29, 1.82) is 0 Å². The number of carbonyl (C=O) groups is 1. The van der Waals surface area contributed by atoms with Gasteiger partial charge in [-0.15, -0.1) is 13.2 Å². The van der Waals surface area contributed by atoms with E-state index in [9.17, 15) is 26.7 Å². The van der Waals surface area contributed by atoms with E-state index in [0.29, 0.717) is 0 Å². The predicted molar refractivity (Wildman–Crippen MR) is 97.2 cm³/mol. The van der Waals surface area contributed by atoms with Gasteiger partial charge in [-0.3, -0.25) is 9.53 Å². The van der Waals surface area contributed by atoms with Crippen LogP contribution in [0.15, 0.2) is 42.5 Å². The summed E-state index contributed by atoms with van der Waals surface area (Å²) in [6, 6.07) is 7.29. The Balaban J connectivity index is 2.14. The summed E-state index contributed by atoms with van der Waals surface area (Å²) in [5.74, 6) is -2.75. The largest absolute Gasteiger partial charge is 0.524 e. The summed E-state index contributed by atoms with van der Waals surface area (Å²) in [7, 11) is 0. The van der Waals surface area contributed by atoms with Gasteiger partial charge in [0.25, 0.3) is 0 Å². The van der Waals surface area contributed by atoms with Gasteiger partial charge in [0.15, 0.2) is 6.23 Å². The van der Waals surface area contributed by atoms with Crippen LogP contribution >= 0.6 is 0 Å². The fraction of sp³-hybridized carbons (Fsp3) is 0.381. The van der Waals surface area contributed by atoms with Gasteiger partial charge >= 0.3 is 6.36 Å². The van der Waals surface area contributed by atoms with Crippen LogP contribution < -0.4 is 4.74 Å². The average Bonchev–Trinajstić information content (AvgIpc) is 2.94. The standard InChI is InChI=1S/C21H20F5NO3/c1-3-29-17-9-5-8-15(23)18(17)16-10-12(2)19(28)27(16)20(30-21(24,25)26)13-6-4-7-14(22)11-13/h4-9,11-12,16,20H,3,10H2,1-2H3. The van der Waals surface area contributed by atoms with Gasteiger partial charge in [-0.25, -0.2) is 8.78 Å². The lowest BCUT2D eigenvalue weighted by atomic mass is 9.99. The van der Waals surface area contributed by atoms with Crippen LogP contribution in [-0.4, -0.2) is 23.8 Å². The normalized spacial score (nSPS) is 20.5. The van der Waals surface area contributed by atoms with E-state index < -0.39 is 42.1 Å². The highest BCUT2D eigenvalue weighted by molar-refractivity contribution is 5.82. The summed E-state index contributed by atoms with van der Waals surface area (Å²) >= 11 is 0. The zero-order valence-corrected chi connectivity index (χ0v) is 16.2. The molecular formula is C21H20F5NO3. The quantitative estimate of drug-likeness (QED) is 0.569. The number of hydrogen-bond acceptors (Lipinski definition) is 3. The van der Waals surface area contributed by atoms with Crippen LogP contribution in [0.2, 0.25) is 0 Å². The number of benzene rings is 2. The Morgan fingerprint density at radius 2 is 1.87 bits per heavy atom. The van der Waals surface area contributed by atoms with Gasteiger partial charge < -0.3 is 9.64 Å². The molecule has 2 aromatic carbocycles. The van der Waals surface area contributed by atoms with E-state index in [1.165, 1.54) is 31.2 Å². The Labute approximate surface area is 170 Å². The Bertz CT molecular complexity index is 918. The Morgan fingerprint density at radius 1 is 1.17 bits per heavy atom. The minimum absolute atomic E-state index is 0.0378. The first-order valence-corrected chi connectivity index (χ1v) is 9.35. The molecule has 4 nitrogen and oxygen atoms in total. The second kappa shape index (κ2) is 8.59. The molecule has 1 fully saturated rings. The fourth-order valence-electron chi connectivity index (χ4n) is 3.69. The number of alkyl halides is 3. The highest BCUT2D eigenvalue weighted by atomic mass is 19.4. The van der Waals surface area contributed by atoms with Crippen molar-refractivity contribution in [3.05, 3.63) is 65.2 Å². The summed E-state index contributed by atoms with van der Waals surface area (Å²) < 4.78 is 77.9. The average molecular weight is 429 g/mol. The first-order chi connectivity index (χ1) is 14.1. The van der Waals surface area contributed by atoms with Crippen LogP contribution in [0.1, 0.15) is 43.7 Å². The number of nitrogens with zero attached hydrogens (tertiary/aromatic N) is 1. The van der Waals surface area contributed by atoms with E-state index in [1.54, 1.807) is 6.92 Å². The molecule has 1 aliphatic heterocycles. The minimum atomic E-state index is -5.12. The molecule has 9 heteroatoms. The van der Waals surface area contributed by atoms with E-state index in [-0.39, 0.29) is 29.9 Å². The van der Waals surface area contributed by atoms with Crippen LogP contribution in [0.5, 0.6) is 5.75 Å². The third-order valence-corrected chi connectivity index (χ3v) is 4.87. The molecule has 3 atom stereocenters. The van der Waals surface area contributed by atoms with Crippen LogP contribution in [0.4, 0.5) is 22.0 Å². The van der Waals surface area contributed by atoms with Crippen molar-refractivity contribution in [2.24, 2.45) is 5.92 Å². The maximum Gasteiger partial charge on any atom is 0.524 e. The van der Waals surface area contributed by atoms with E-state index in [4.69, 9.17) is 4.74 Å². The molecule has 1 saturated heterocycles. The monoisotopic (exact) mass is 429 g/mol. The highest BCUT2D eigenvalue weighted by Crippen LogP contribution is 2.47. The molecule has 0 aromatic heterocycles. The lowest BCUT2D eigenvalue weighted by molar-refractivity contribution is -0.361. The third-order valence-electron chi connectivity index (χ3n) is 4.87. The molecule has 0 saturated carbocycles. The van der Waals surface area contributed by atoms with Crippen molar-refractivity contribution >= 4 is 5.91 Å². The summed E-state index contributed by atoms with van der Waals surface area (Å²) in [4.78, 5) is 13.7. The summed E-state index contributed by atoms with van der Waals surface area (Å²) in [5, 5.41) is 0. The van der Waals surface area contributed by atoms with Crippen LogP contribution in [-0.2, 0) is 9.53 Å². The Hall–Kier alpha value is -2.68. The van der Waals surface area contributed by atoms with Crippen molar-refractivity contribution in [3.8, 4) is 5.75 Å². The van der Waals surface area contributed by atoms with Gasteiger partial charge in [0.1, 0.15) is 17.4 Å². The van der Waals surface area contributed by atoms with Crippen molar-refractivity contribution in [2.75, 3.05) is 6.61 Å². The number of amides is 1. The number of rotatable bonds is 6. The second-order valence-electron chi connectivity index (χ2n) is 6.95. The van der Waals surface area contributed by atoms with Crippen LogP contribution in [0.3, 0.4) is 0 Å². The predicted octanol–water partition coefficient (Wildman–Crippen LogP) is 5.51. The lowest BCUT2D eigenvalue weighted by Crippen LogP contribution is -2.38. The lowest BCUT2D eigenvalue weighted by Gasteiger charge is -2.34. The van der Waals surface area contributed by atoms with E-state index >= 15 is 0 Å². The number of likely N-dealkylation sites (tertiary alicyclic amines) is 1. The van der Waals surface area contributed by atoms with Gasteiger partial charge in [0.2, 0.25) is 5.91 Å². The zero-order chi connectivity index (χ0) is 22.1. The SMILES string of the molecule is CCOc1cccc(F)c1C1CC(C)C(=O)N1C(OC(F)(F)F)c1cccc(F)c1. The number of halogens is 5. The topological polar surface area (TPSA) is 38.8 Å². The summed E-state index contributed by atoms with van der Waals surface area (Å²) in [5.41, 5.74) is -0.252. The molecule has 0 radical (unpaired) electrons. The smallest absolute Gasteiger partial charge is 0.493 e. The molecule has 1 heterocycles. The molecule has 0 spiro atoms. The van der Waals surface area contributed by atoms with Gasteiger partial charge in [-0.2, -0.15) is 0 Å². The number of carbonyl (C=O) groups excluding carboxylic acids is 1. The van der Waals surface area contributed by atoms with Crippen LogP contribution in [0, 0.1) is 17.6 Å². The van der Waals surface area contributed by atoms with Crippen LogP contribution in [0.25, 0.3) is 0 Å². The van der Waals surface area contributed by atoms with E-state index in [1.807, 2.05) is 0 Å². The minimum Gasteiger partial charge on any atom is -0.493 e. The fourth-order valence-corrected chi connectivity index (χ4v) is 3.69. The molecule has 1 amide bonds. The first kappa shape index (κ1) is 22.0. The maximum absolute atomic E-state index is 14.8. The molecule has 30 heavy (non-hydrogen) atoms. The molecule has 162 valence electrons. The number of hydrogen-bond donors (Lipinski definition) is 0. The van der Waals surface area contributed by atoms with Crippen molar-refractivity contribution in [2.45, 2.75) is 38.9 Å². The van der Waals surface area contributed by atoms with Gasteiger partial charge in [0, 0.05) is 11.5 Å². The molecule has 0 bridgehead atoms. The van der Waals surface area contributed by atoms with E-state index in [2.05, 4.69) is 4.74 Å². The molecule has 3 rings (SSSR count). The molecule has 2 aromatic rings. The zero-order valence-electron chi connectivity index (χ0n) is 16.2. The van der Waals surface area contributed by atoms with Crippen molar-refractivity contribution in [3.63, 3.8) is 0 Å². The first-order valence-electron chi connectivity index (χ1n) is 9.35.